The largest absolute Gasteiger partial charge is 0.341 e. The highest BCUT2D eigenvalue weighted by Crippen LogP contribution is 2.23. The first-order valence-electron chi connectivity index (χ1n) is 5.81. The van der Waals surface area contributed by atoms with Gasteiger partial charge in [-0.05, 0) is 32.1 Å². The first kappa shape index (κ1) is 15.4. The molecule has 0 radical (unpaired) electrons. The van der Waals surface area contributed by atoms with Crippen LogP contribution in [0.3, 0.4) is 0 Å². The molecule has 0 heterocycles. The number of benzene rings is 1. The third-order valence-corrected chi connectivity index (χ3v) is 2.89. The number of rotatable bonds is 6. The highest BCUT2D eigenvalue weighted by atomic mass is 35.5. The predicted octanol–water partition coefficient (Wildman–Crippen LogP) is 1.93. The van der Waals surface area contributed by atoms with E-state index in [2.05, 4.69) is 5.32 Å². The van der Waals surface area contributed by atoms with E-state index in [4.69, 9.17) is 11.6 Å². The van der Waals surface area contributed by atoms with Gasteiger partial charge in [0.15, 0.2) is 0 Å². The quantitative estimate of drug-likeness (QED) is 0.492. The minimum atomic E-state index is -0.578. The number of hydrogen-bond acceptors (Lipinski definition) is 4. The first-order chi connectivity index (χ1) is 8.97. The monoisotopic (exact) mass is 285 g/mol. The van der Waals surface area contributed by atoms with Crippen LogP contribution in [0.25, 0.3) is 0 Å². The van der Waals surface area contributed by atoms with Gasteiger partial charge in [0.25, 0.3) is 11.6 Å². The maximum absolute atomic E-state index is 12.2. The van der Waals surface area contributed by atoms with Crippen molar-refractivity contribution in [2.45, 2.75) is 6.42 Å². The SMILES string of the molecule is CNCCCN(C)C(=O)c1cc(Cl)ccc1[N+](=O)[O-]. The molecule has 0 unspecified atom stereocenters. The number of nitrogens with one attached hydrogen (secondary N) is 1. The molecule has 0 saturated carbocycles. The molecule has 1 N–H and O–H groups in total. The van der Waals surface area contributed by atoms with Crippen molar-refractivity contribution in [1.82, 2.24) is 10.2 Å². The number of amides is 1. The number of nitro benzene ring substituents is 1. The zero-order chi connectivity index (χ0) is 14.4. The summed E-state index contributed by atoms with van der Waals surface area (Å²) in [6.07, 6.45) is 0.771. The van der Waals surface area contributed by atoms with Crippen molar-refractivity contribution >= 4 is 23.2 Å². The lowest BCUT2D eigenvalue weighted by molar-refractivity contribution is -0.385. The second kappa shape index (κ2) is 7.06. The molecule has 0 aliphatic rings. The number of nitro groups is 1. The first-order valence-corrected chi connectivity index (χ1v) is 6.19. The van der Waals surface area contributed by atoms with Gasteiger partial charge in [-0.3, -0.25) is 14.9 Å². The van der Waals surface area contributed by atoms with Gasteiger partial charge < -0.3 is 10.2 Å². The maximum atomic E-state index is 12.2. The Labute approximate surface area is 116 Å². The van der Waals surface area contributed by atoms with Crippen LogP contribution in [0.15, 0.2) is 18.2 Å². The topological polar surface area (TPSA) is 75.5 Å². The van der Waals surface area contributed by atoms with Gasteiger partial charge in [0.2, 0.25) is 0 Å². The number of carbonyl (C=O) groups excluding carboxylic acids is 1. The normalized spacial score (nSPS) is 10.3. The van der Waals surface area contributed by atoms with Crippen molar-refractivity contribution < 1.29 is 9.72 Å². The average molecular weight is 286 g/mol. The smallest absolute Gasteiger partial charge is 0.282 e. The van der Waals surface area contributed by atoms with Gasteiger partial charge in [-0.25, -0.2) is 0 Å². The Morgan fingerprint density at radius 1 is 1.53 bits per heavy atom. The Morgan fingerprint density at radius 3 is 2.79 bits per heavy atom. The molecular weight excluding hydrogens is 270 g/mol. The van der Waals surface area contributed by atoms with Crippen LogP contribution in [-0.2, 0) is 0 Å². The zero-order valence-corrected chi connectivity index (χ0v) is 11.6. The van der Waals surface area contributed by atoms with Crippen LogP contribution in [0.5, 0.6) is 0 Å². The minimum Gasteiger partial charge on any atom is -0.341 e. The summed E-state index contributed by atoms with van der Waals surface area (Å²) in [7, 11) is 3.44. The van der Waals surface area contributed by atoms with E-state index in [-0.39, 0.29) is 11.3 Å². The summed E-state index contributed by atoms with van der Waals surface area (Å²) in [5, 5.41) is 14.2. The predicted molar refractivity (Wildman–Crippen MR) is 73.6 cm³/mol. The van der Waals surface area contributed by atoms with Gasteiger partial charge in [0.1, 0.15) is 5.56 Å². The van der Waals surface area contributed by atoms with E-state index in [0.717, 1.165) is 13.0 Å². The molecule has 0 aromatic heterocycles. The van der Waals surface area contributed by atoms with E-state index >= 15 is 0 Å². The Bertz CT molecular complexity index is 479. The standard InChI is InChI=1S/C12H16ClN3O3/c1-14-6-3-7-15(2)12(17)10-8-9(13)4-5-11(10)16(18)19/h4-5,8,14H,3,6-7H2,1-2H3. The van der Waals surface area contributed by atoms with Crippen molar-refractivity contribution in [3.05, 3.63) is 38.9 Å². The molecule has 0 aliphatic carbocycles. The second-order valence-electron chi connectivity index (χ2n) is 4.10. The molecule has 1 aromatic carbocycles. The van der Waals surface area contributed by atoms with Crippen molar-refractivity contribution in [3.8, 4) is 0 Å². The molecule has 0 fully saturated rings. The molecule has 19 heavy (non-hydrogen) atoms. The van der Waals surface area contributed by atoms with E-state index in [1.807, 2.05) is 7.05 Å². The highest BCUT2D eigenvalue weighted by Gasteiger charge is 2.22. The Kier molecular flexibility index (Phi) is 5.72. The van der Waals surface area contributed by atoms with Crippen molar-refractivity contribution in [2.24, 2.45) is 0 Å². The van der Waals surface area contributed by atoms with Crippen LogP contribution in [0.1, 0.15) is 16.8 Å². The summed E-state index contributed by atoms with van der Waals surface area (Å²) in [5.41, 5.74) is -0.209. The molecule has 0 bridgehead atoms. The van der Waals surface area contributed by atoms with Gasteiger partial charge >= 0.3 is 0 Å². The Hall–Kier alpha value is -1.66. The lowest BCUT2D eigenvalue weighted by Gasteiger charge is -2.17. The lowest BCUT2D eigenvalue weighted by Crippen LogP contribution is -2.29. The summed E-state index contributed by atoms with van der Waals surface area (Å²) >= 11 is 5.79. The number of carbonyl (C=O) groups is 1. The molecule has 6 nitrogen and oxygen atoms in total. The summed E-state index contributed by atoms with van der Waals surface area (Å²) in [6.45, 7) is 1.29. The maximum Gasteiger partial charge on any atom is 0.282 e. The summed E-state index contributed by atoms with van der Waals surface area (Å²) in [6, 6.07) is 3.98. The fraction of sp³-hybridized carbons (Fsp3) is 0.417. The van der Waals surface area contributed by atoms with Gasteiger partial charge in [0, 0.05) is 24.7 Å². The molecule has 0 aliphatic heterocycles. The van der Waals surface area contributed by atoms with Gasteiger partial charge in [-0.15, -0.1) is 0 Å². The van der Waals surface area contributed by atoms with Crippen LogP contribution >= 0.6 is 11.6 Å². The van der Waals surface area contributed by atoms with E-state index in [0.29, 0.717) is 11.6 Å². The summed E-state index contributed by atoms with van der Waals surface area (Å²) in [5.74, 6) is -0.398. The van der Waals surface area contributed by atoms with Crippen LogP contribution < -0.4 is 5.32 Å². The van der Waals surface area contributed by atoms with Crippen LogP contribution in [0.4, 0.5) is 5.69 Å². The van der Waals surface area contributed by atoms with Gasteiger partial charge in [0.05, 0.1) is 4.92 Å². The summed E-state index contributed by atoms with van der Waals surface area (Å²) in [4.78, 5) is 23.9. The number of hydrogen-bond donors (Lipinski definition) is 1. The molecule has 1 rings (SSSR count). The van der Waals surface area contributed by atoms with Crippen molar-refractivity contribution in [2.75, 3.05) is 27.2 Å². The third kappa shape index (κ3) is 4.18. The van der Waals surface area contributed by atoms with E-state index < -0.39 is 10.8 Å². The van der Waals surface area contributed by atoms with Crippen LogP contribution in [0.2, 0.25) is 5.02 Å². The Balaban J connectivity index is 2.91. The Morgan fingerprint density at radius 2 is 2.21 bits per heavy atom. The van der Waals surface area contributed by atoms with Crippen LogP contribution in [-0.4, -0.2) is 42.9 Å². The fourth-order valence-electron chi connectivity index (χ4n) is 1.64. The molecule has 1 aromatic rings. The average Bonchev–Trinajstić information content (AvgIpc) is 2.37. The fourth-order valence-corrected chi connectivity index (χ4v) is 1.81. The molecule has 0 atom stereocenters. The van der Waals surface area contributed by atoms with E-state index in [9.17, 15) is 14.9 Å². The highest BCUT2D eigenvalue weighted by molar-refractivity contribution is 6.31. The third-order valence-electron chi connectivity index (χ3n) is 2.65. The molecule has 7 heteroatoms. The summed E-state index contributed by atoms with van der Waals surface area (Å²) < 4.78 is 0. The minimum absolute atomic E-state index is 0.0180. The molecule has 1 amide bonds. The van der Waals surface area contributed by atoms with Crippen molar-refractivity contribution in [1.29, 1.82) is 0 Å². The molecule has 104 valence electrons. The van der Waals surface area contributed by atoms with E-state index in [1.165, 1.54) is 23.1 Å². The van der Waals surface area contributed by atoms with Gasteiger partial charge in [-0.1, -0.05) is 11.6 Å². The zero-order valence-electron chi connectivity index (χ0n) is 10.9. The van der Waals surface area contributed by atoms with Crippen LogP contribution in [0, 0.1) is 10.1 Å². The number of halogens is 1. The molecular formula is C12H16ClN3O3. The van der Waals surface area contributed by atoms with E-state index in [1.54, 1.807) is 7.05 Å². The van der Waals surface area contributed by atoms with Gasteiger partial charge in [-0.2, -0.15) is 0 Å². The molecule has 0 saturated heterocycles. The number of nitrogens with zero attached hydrogens (tertiary/aromatic N) is 2. The van der Waals surface area contributed by atoms with Crippen molar-refractivity contribution in [3.63, 3.8) is 0 Å². The molecule has 0 spiro atoms. The second-order valence-corrected chi connectivity index (χ2v) is 4.54. The lowest BCUT2D eigenvalue weighted by atomic mass is 10.1.